The molecule has 0 aliphatic carbocycles. The van der Waals surface area contributed by atoms with Crippen LogP contribution in [0.3, 0.4) is 0 Å². The van der Waals surface area contributed by atoms with Crippen LogP contribution in [0.2, 0.25) is 5.02 Å². The van der Waals surface area contributed by atoms with Crippen LogP contribution in [0.4, 0.5) is 0 Å². The molecule has 0 aromatic heterocycles. The van der Waals surface area contributed by atoms with Crippen molar-refractivity contribution in [3.63, 3.8) is 0 Å². The molecule has 0 saturated heterocycles. The highest BCUT2D eigenvalue weighted by Gasteiger charge is 2.25. The molecule has 7 nitrogen and oxygen atoms in total. The van der Waals surface area contributed by atoms with E-state index < -0.39 is 23.1 Å². The number of amides is 1. The number of phenolic OH excluding ortho intramolecular Hbond substituents is 1. The summed E-state index contributed by atoms with van der Waals surface area (Å²) in [5, 5.41) is 9.91. The van der Waals surface area contributed by atoms with E-state index in [4.69, 9.17) is 21.1 Å². The van der Waals surface area contributed by atoms with Gasteiger partial charge in [-0.1, -0.05) is 35.9 Å². The maximum Gasteiger partial charge on any atom is 0.338 e. The van der Waals surface area contributed by atoms with E-state index in [0.717, 1.165) is 0 Å². The van der Waals surface area contributed by atoms with Gasteiger partial charge in [0.1, 0.15) is 23.5 Å². The zero-order valence-corrected chi connectivity index (χ0v) is 21.9. The smallest absolute Gasteiger partial charge is 0.338 e. The summed E-state index contributed by atoms with van der Waals surface area (Å²) in [5.74, 6) is -1.33. The zero-order chi connectivity index (χ0) is 26.4. The maximum absolute atomic E-state index is 13.2. The van der Waals surface area contributed by atoms with Crippen molar-refractivity contribution in [2.75, 3.05) is 6.54 Å². The Morgan fingerprint density at radius 3 is 2.14 bits per heavy atom. The van der Waals surface area contributed by atoms with Gasteiger partial charge in [-0.2, -0.15) is 0 Å². The Labute approximate surface area is 212 Å². The number of esters is 2. The number of hydrogen-bond donors (Lipinski definition) is 1. The van der Waals surface area contributed by atoms with E-state index in [1.54, 1.807) is 71.9 Å². The molecule has 35 heavy (non-hydrogen) atoms. The second-order valence-corrected chi connectivity index (χ2v) is 10.7. The molecule has 0 saturated carbocycles. The lowest BCUT2D eigenvalue weighted by Crippen LogP contribution is -2.39. The second-order valence-electron chi connectivity index (χ2n) is 10.3. The summed E-state index contributed by atoms with van der Waals surface area (Å²) in [7, 11) is 0. The monoisotopic (exact) mass is 503 g/mol. The topological polar surface area (TPSA) is 93.1 Å². The molecule has 0 bridgehead atoms. The number of benzene rings is 2. The van der Waals surface area contributed by atoms with Crippen molar-refractivity contribution >= 4 is 29.4 Å². The minimum absolute atomic E-state index is 0.0246. The van der Waals surface area contributed by atoms with Gasteiger partial charge in [-0.05, 0) is 77.3 Å². The van der Waals surface area contributed by atoms with Crippen LogP contribution >= 0.6 is 11.6 Å². The zero-order valence-electron chi connectivity index (χ0n) is 21.2. The normalized spacial score (nSPS) is 11.6. The van der Waals surface area contributed by atoms with Crippen molar-refractivity contribution in [2.45, 2.75) is 72.1 Å². The maximum atomic E-state index is 13.2. The summed E-state index contributed by atoms with van der Waals surface area (Å²) >= 11 is 6.18. The van der Waals surface area contributed by atoms with Crippen LogP contribution in [0.25, 0.3) is 0 Å². The molecule has 1 amide bonds. The summed E-state index contributed by atoms with van der Waals surface area (Å²) in [6.07, 6.45) is 0.387. The van der Waals surface area contributed by atoms with Gasteiger partial charge in [0.2, 0.25) is 5.91 Å². The number of ether oxygens (including phenoxy) is 2. The summed E-state index contributed by atoms with van der Waals surface area (Å²) < 4.78 is 10.9. The van der Waals surface area contributed by atoms with Crippen LogP contribution in [0.15, 0.2) is 42.5 Å². The number of halogens is 1. The molecule has 0 fully saturated rings. The van der Waals surface area contributed by atoms with E-state index in [1.807, 2.05) is 0 Å². The quantitative estimate of drug-likeness (QED) is 0.491. The average molecular weight is 504 g/mol. The standard InChI is InChI=1S/C27H34ClNO6/c1-26(2,3)34-24(32)17-29(23(31)14-12-18-11-13-20(30)15-22(18)28)16-19-9-7-8-10-21(19)25(33)35-27(4,5)6/h7-11,13,15,30H,12,14,16-17H2,1-6H3. The first kappa shape index (κ1) is 28.2. The van der Waals surface area contributed by atoms with Crippen LogP contribution in [0.5, 0.6) is 5.75 Å². The van der Waals surface area contributed by atoms with E-state index in [2.05, 4.69) is 0 Å². The van der Waals surface area contributed by atoms with Gasteiger partial charge in [0.05, 0.1) is 5.56 Å². The van der Waals surface area contributed by atoms with Crippen molar-refractivity contribution in [2.24, 2.45) is 0 Å². The van der Waals surface area contributed by atoms with Crippen LogP contribution in [-0.4, -0.2) is 45.6 Å². The molecule has 0 atom stereocenters. The number of phenols is 1. The van der Waals surface area contributed by atoms with Crippen molar-refractivity contribution in [1.82, 2.24) is 4.90 Å². The first-order chi connectivity index (χ1) is 16.1. The Kier molecular flexibility index (Phi) is 9.32. The highest BCUT2D eigenvalue weighted by molar-refractivity contribution is 6.31. The van der Waals surface area contributed by atoms with E-state index in [9.17, 15) is 19.5 Å². The lowest BCUT2D eigenvalue weighted by molar-refractivity contribution is -0.159. The lowest BCUT2D eigenvalue weighted by Gasteiger charge is -2.26. The summed E-state index contributed by atoms with van der Waals surface area (Å²) in [6.45, 7) is 10.3. The number of nitrogens with zero attached hydrogens (tertiary/aromatic N) is 1. The number of aryl methyl sites for hydroxylation is 1. The van der Waals surface area contributed by atoms with Gasteiger partial charge in [0.25, 0.3) is 0 Å². The predicted octanol–water partition coefficient (Wildman–Crippen LogP) is 5.30. The number of rotatable bonds is 8. The van der Waals surface area contributed by atoms with Gasteiger partial charge in [-0.3, -0.25) is 9.59 Å². The third kappa shape index (κ3) is 9.61. The SMILES string of the molecule is CC(C)(C)OC(=O)CN(Cc1ccccc1C(=O)OC(C)(C)C)C(=O)CCc1ccc(O)cc1Cl. The number of carbonyl (C=O) groups is 3. The van der Waals surface area contributed by atoms with Gasteiger partial charge in [0, 0.05) is 18.0 Å². The second kappa shape index (κ2) is 11.6. The minimum atomic E-state index is -0.709. The summed E-state index contributed by atoms with van der Waals surface area (Å²) in [4.78, 5) is 39.9. The highest BCUT2D eigenvalue weighted by atomic mass is 35.5. The molecule has 0 aliphatic rings. The molecular weight excluding hydrogens is 470 g/mol. The number of hydrogen-bond acceptors (Lipinski definition) is 6. The molecule has 0 radical (unpaired) electrons. The van der Waals surface area contributed by atoms with E-state index in [0.29, 0.717) is 28.1 Å². The van der Waals surface area contributed by atoms with E-state index in [-0.39, 0.29) is 31.2 Å². The van der Waals surface area contributed by atoms with Gasteiger partial charge in [0.15, 0.2) is 0 Å². The van der Waals surface area contributed by atoms with Crippen LogP contribution < -0.4 is 0 Å². The van der Waals surface area contributed by atoms with Gasteiger partial charge < -0.3 is 19.5 Å². The van der Waals surface area contributed by atoms with Crippen molar-refractivity contribution in [3.8, 4) is 5.75 Å². The molecule has 2 aromatic rings. The molecule has 0 unspecified atom stereocenters. The predicted molar refractivity (Wildman–Crippen MR) is 134 cm³/mol. The molecule has 1 N–H and O–H groups in total. The third-order valence-corrected chi connectivity index (χ3v) is 5.09. The van der Waals surface area contributed by atoms with Crippen molar-refractivity contribution in [1.29, 1.82) is 0 Å². The fourth-order valence-electron chi connectivity index (χ4n) is 3.30. The summed E-state index contributed by atoms with van der Waals surface area (Å²) in [6, 6.07) is 11.4. The fraction of sp³-hybridized carbons (Fsp3) is 0.444. The fourth-order valence-corrected chi connectivity index (χ4v) is 3.57. The Bertz CT molecular complexity index is 1070. The van der Waals surface area contributed by atoms with Crippen molar-refractivity contribution < 1.29 is 29.0 Å². The van der Waals surface area contributed by atoms with E-state index in [1.165, 1.54) is 17.0 Å². The van der Waals surface area contributed by atoms with Crippen LogP contribution in [-0.2, 0) is 32.0 Å². The highest BCUT2D eigenvalue weighted by Crippen LogP contribution is 2.23. The molecule has 2 aromatic carbocycles. The third-order valence-electron chi connectivity index (χ3n) is 4.73. The van der Waals surface area contributed by atoms with E-state index >= 15 is 0 Å². The average Bonchev–Trinajstić information content (AvgIpc) is 2.70. The minimum Gasteiger partial charge on any atom is -0.508 e. The Balaban J connectivity index is 2.27. The number of aromatic hydroxyl groups is 1. The van der Waals surface area contributed by atoms with Gasteiger partial charge >= 0.3 is 11.9 Å². The Hall–Kier alpha value is -3.06. The molecule has 190 valence electrons. The summed E-state index contributed by atoms with van der Waals surface area (Å²) in [5.41, 5.74) is 0.191. The lowest BCUT2D eigenvalue weighted by atomic mass is 10.1. The molecule has 8 heteroatoms. The van der Waals surface area contributed by atoms with Crippen molar-refractivity contribution in [3.05, 3.63) is 64.2 Å². The Morgan fingerprint density at radius 1 is 0.914 bits per heavy atom. The largest absolute Gasteiger partial charge is 0.508 e. The molecule has 0 heterocycles. The number of carbonyl (C=O) groups excluding carboxylic acids is 3. The Morgan fingerprint density at radius 2 is 1.54 bits per heavy atom. The van der Waals surface area contributed by atoms with Crippen LogP contribution in [0, 0.1) is 0 Å². The molecule has 0 aliphatic heterocycles. The molecular formula is C27H34ClNO6. The first-order valence-electron chi connectivity index (χ1n) is 11.4. The first-order valence-corrected chi connectivity index (χ1v) is 11.8. The molecule has 2 rings (SSSR count). The van der Waals surface area contributed by atoms with Gasteiger partial charge in [-0.25, -0.2) is 4.79 Å². The molecule has 0 spiro atoms. The van der Waals surface area contributed by atoms with Gasteiger partial charge in [-0.15, -0.1) is 0 Å². The van der Waals surface area contributed by atoms with Crippen LogP contribution in [0.1, 0.15) is 69.4 Å².